The molecule has 8 nitrogen and oxygen atoms in total. The van der Waals surface area contributed by atoms with Crippen LogP contribution in [0.1, 0.15) is 75.4 Å². The van der Waals surface area contributed by atoms with Gasteiger partial charge in [0.2, 0.25) is 0 Å². The third-order valence-electron chi connectivity index (χ3n) is 6.31. The Kier molecular flexibility index (Phi) is 8.71. The van der Waals surface area contributed by atoms with E-state index in [0.717, 1.165) is 17.5 Å². The van der Waals surface area contributed by atoms with Gasteiger partial charge in [-0.05, 0) is 89.4 Å². The summed E-state index contributed by atoms with van der Waals surface area (Å²) in [6.07, 6.45) is -0.0614. The van der Waals surface area contributed by atoms with Crippen molar-refractivity contribution < 1.29 is 23.9 Å². The summed E-state index contributed by atoms with van der Waals surface area (Å²) < 4.78 is 11.0. The summed E-state index contributed by atoms with van der Waals surface area (Å²) in [6, 6.07) is 24.2. The lowest BCUT2D eigenvalue weighted by Gasteiger charge is -2.28. The van der Waals surface area contributed by atoms with Gasteiger partial charge in [0.1, 0.15) is 11.2 Å². The van der Waals surface area contributed by atoms with E-state index in [2.05, 4.69) is 10.6 Å². The van der Waals surface area contributed by atoms with Crippen LogP contribution in [-0.4, -0.2) is 35.3 Å². The predicted molar refractivity (Wildman–Crippen MR) is 160 cm³/mol. The summed E-state index contributed by atoms with van der Waals surface area (Å²) in [4.78, 5) is 39.9. The van der Waals surface area contributed by atoms with Crippen molar-refractivity contribution in [2.75, 3.05) is 10.2 Å². The molecule has 4 rings (SSSR count). The van der Waals surface area contributed by atoms with Gasteiger partial charge in [0.05, 0.1) is 6.54 Å². The summed E-state index contributed by atoms with van der Waals surface area (Å²) in [6.45, 7) is 11.3. The highest BCUT2D eigenvalue weighted by Crippen LogP contribution is 2.41. The van der Waals surface area contributed by atoms with Gasteiger partial charge >= 0.3 is 12.2 Å². The number of alkyl carbamates (subject to hydrolysis) is 1. The molecule has 41 heavy (non-hydrogen) atoms. The molecular weight excluding hydrogens is 518 g/mol. The number of amides is 3. The van der Waals surface area contributed by atoms with E-state index in [-0.39, 0.29) is 17.9 Å². The third kappa shape index (κ3) is 8.83. The van der Waals surface area contributed by atoms with Crippen LogP contribution in [0.15, 0.2) is 78.9 Å². The fourth-order valence-electron chi connectivity index (χ4n) is 4.36. The number of anilines is 2. The SMILES string of the molecule is CC(C)(C)OC(=O)N[C@@H]1C[C@H]1c1ccc(NC(=O)c2cccc(N(Cc3ccccc3)C(=O)OC(C)(C)C)c2)cc1. The highest BCUT2D eigenvalue weighted by Gasteiger charge is 2.40. The molecule has 1 saturated carbocycles. The van der Waals surface area contributed by atoms with Gasteiger partial charge in [-0.15, -0.1) is 0 Å². The van der Waals surface area contributed by atoms with Gasteiger partial charge in [0.15, 0.2) is 0 Å². The van der Waals surface area contributed by atoms with Crippen molar-refractivity contribution in [3.05, 3.63) is 95.6 Å². The molecule has 0 unspecified atom stereocenters. The van der Waals surface area contributed by atoms with Crippen LogP contribution >= 0.6 is 0 Å². The maximum absolute atomic E-state index is 13.2. The van der Waals surface area contributed by atoms with Gasteiger partial charge in [0.25, 0.3) is 5.91 Å². The van der Waals surface area contributed by atoms with Crippen molar-refractivity contribution in [1.82, 2.24) is 5.32 Å². The molecule has 1 aliphatic carbocycles. The summed E-state index contributed by atoms with van der Waals surface area (Å²) in [5.74, 6) is -0.0771. The van der Waals surface area contributed by atoms with Crippen molar-refractivity contribution in [2.45, 2.75) is 77.7 Å². The number of hydrogen-bond donors (Lipinski definition) is 2. The highest BCUT2D eigenvalue weighted by atomic mass is 16.6. The van der Waals surface area contributed by atoms with Crippen LogP contribution in [0.3, 0.4) is 0 Å². The largest absolute Gasteiger partial charge is 0.444 e. The van der Waals surface area contributed by atoms with Crippen LogP contribution in [0.4, 0.5) is 21.0 Å². The van der Waals surface area contributed by atoms with Gasteiger partial charge < -0.3 is 20.1 Å². The van der Waals surface area contributed by atoms with Crippen LogP contribution in [-0.2, 0) is 16.0 Å². The van der Waals surface area contributed by atoms with Crippen molar-refractivity contribution in [1.29, 1.82) is 0 Å². The Hall–Kier alpha value is -4.33. The van der Waals surface area contributed by atoms with E-state index in [1.807, 2.05) is 96.1 Å². The molecule has 216 valence electrons. The summed E-state index contributed by atoms with van der Waals surface area (Å²) in [5.41, 5.74) is 2.44. The minimum absolute atomic E-state index is 0.0387. The molecule has 2 atom stereocenters. The molecule has 0 aromatic heterocycles. The zero-order valence-corrected chi connectivity index (χ0v) is 24.6. The zero-order valence-electron chi connectivity index (χ0n) is 24.6. The Morgan fingerprint density at radius 1 is 0.829 bits per heavy atom. The van der Waals surface area contributed by atoms with Gasteiger partial charge in [-0.1, -0.05) is 48.5 Å². The molecule has 0 heterocycles. The molecule has 2 N–H and O–H groups in total. The van der Waals surface area contributed by atoms with E-state index >= 15 is 0 Å². The Morgan fingerprint density at radius 3 is 2.12 bits per heavy atom. The van der Waals surface area contributed by atoms with Crippen molar-refractivity contribution in [2.24, 2.45) is 0 Å². The molecule has 0 radical (unpaired) electrons. The highest BCUT2D eigenvalue weighted by molar-refractivity contribution is 6.05. The molecule has 3 amide bonds. The lowest BCUT2D eigenvalue weighted by Crippen LogP contribution is -2.36. The number of carbonyl (C=O) groups is 3. The lowest BCUT2D eigenvalue weighted by molar-refractivity contribution is 0.0520. The Balaban J connectivity index is 1.42. The van der Waals surface area contributed by atoms with Crippen LogP contribution < -0.4 is 15.5 Å². The smallest absolute Gasteiger partial charge is 0.415 e. The molecule has 1 aliphatic rings. The molecular formula is C33H39N3O5. The summed E-state index contributed by atoms with van der Waals surface area (Å²) in [5, 5.41) is 5.84. The number of carbonyl (C=O) groups excluding carboxylic acids is 3. The maximum Gasteiger partial charge on any atom is 0.415 e. The second-order valence-electron chi connectivity index (χ2n) is 12.3. The average Bonchev–Trinajstić information content (AvgIpc) is 3.65. The molecule has 1 fully saturated rings. The van der Waals surface area contributed by atoms with Crippen molar-refractivity contribution in [3.8, 4) is 0 Å². The molecule has 3 aromatic carbocycles. The Morgan fingerprint density at radius 2 is 1.49 bits per heavy atom. The Bertz CT molecular complexity index is 1370. The fraction of sp³-hybridized carbons (Fsp3) is 0.364. The summed E-state index contributed by atoms with van der Waals surface area (Å²) >= 11 is 0. The molecule has 8 heteroatoms. The first-order valence-electron chi connectivity index (χ1n) is 13.8. The van der Waals surface area contributed by atoms with Crippen molar-refractivity contribution >= 4 is 29.5 Å². The second kappa shape index (κ2) is 12.0. The monoisotopic (exact) mass is 557 g/mol. The van der Waals surface area contributed by atoms with Crippen molar-refractivity contribution in [3.63, 3.8) is 0 Å². The zero-order chi connectivity index (χ0) is 29.8. The second-order valence-corrected chi connectivity index (χ2v) is 12.3. The maximum atomic E-state index is 13.2. The van der Waals surface area contributed by atoms with E-state index < -0.39 is 23.4 Å². The van der Waals surface area contributed by atoms with E-state index in [4.69, 9.17) is 9.47 Å². The van der Waals surface area contributed by atoms with Gasteiger partial charge in [0, 0.05) is 28.9 Å². The minimum Gasteiger partial charge on any atom is -0.444 e. The number of nitrogens with zero attached hydrogens (tertiary/aromatic N) is 1. The number of rotatable bonds is 7. The predicted octanol–water partition coefficient (Wildman–Crippen LogP) is 7.26. The number of nitrogens with one attached hydrogen (secondary N) is 2. The fourth-order valence-corrected chi connectivity index (χ4v) is 4.36. The average molecular weight is 558 g/mol. The summed E-state index contributed by atoms with van der Waals surface area (Å²) in [7, 11) is 0. The normalized spacial score (nSPS) is 16.3. The quantitative estimate of drug-likeness (QED) is 0.319. The lowest BCUT2D eigenvalue weighted by atomic mass is 10.1. The topological polar surface area (TPSA) is 97.0 Å². The number of hydrogen-bond acceptors (Lipinski definition) is 5. The van der Waals surface area contributed by atoms with Gasteiger partial charge in [-0.25, -0.2) is 9.59 Å². The standard InChI is InChI=1S/C33H39N3O5/c1-32(2,3)40-30(38)35-28-20-27(28)23-15-17-25(18-16-23)34-29(37)24-13-10-14-26(19-24)36(31(39)41-33(4,5)6)21-22-11-8-7-9-12-22/h7-19,27-28H,20-21H2,1-6H3,(H,34,37)(H,35,38)/t27-,28+/m0/s1. The molecule has 0 spiro atoms. The van der Waals surface area contributed by atoms with Crippen LogP contribution in [0, 0.1) is 0 Å². The number of benzene rings is 3. The first-order valence-corrected chi connectivity index (χ1v) is 13.8. The first kappa shape index (κ1) is 29.6. The van der Waals surface area contributed by atoms with Crippen LogP contribution in [0.2, 0.25) is 0 Å². The Labute approximate surface area is 242 Å². The molecule has 0 saturated heterocycles. The van der Waals surface area contributed by atoms with E-state index in [1.165, 1.54) is 4.90 Å². The van der Waals surface area contributed by atoms with E-state index in [0.29, 0.717) is 23.5 Å². The van der Waals surface area contributed by atoms with Gasteiger partial charge in [-0.3, -0.25) is 9.69 Å². The third-order valence-corrected chi connectivity index (χ3v) is 6.31. The first-order chi connectivity index (χ1) is 19.3. The minimum atomic E-state index is -0.667. The van der Waals surface area contributed by atoms with Crippen LogP contribution in [0.5, 0.6) is 0 Å². The molecule has 0 bridgehead atoms. The number of ether oxygens (including phenoxy) is 2. The molecule has 3 aromatic rings. The van der Waals surface area contributed by atoms with Gasteiger partial charge in [-0.2, -0.15) is 0 Å². The van der Waals surface area contributed by atoms with Crippen LogP contribution in [0.25, 0.3) is 0 Å². The van der Waals surface area contributed by atoms with E-state index in [9.17, 15) is 14.4 Å². The molecule has 0 aliphatic heterocycles. The van der Waals surface area contributed by atoms with E-state index in [1.54, 1.807) is 24.3 Å².